The minimum atomic E-state index is -1.27. The highest BCUT2D eigenvalue weighted by Gasteiger charge is 2.26. The van der Waals surface area contributed by atoms with E-state index in [0.29, 0.717) is 10.0 Å². The number of halogens is 1. The fraction of sp³-hybridized carbons (Fsp3) is 0.0476. The van der Waals surface area contributed by atoms with Gasteiger partial charge in [-0.05, 0) is 46.3 Å². The molecule has 9 heteroatoms. The molecule has 1 amide bonds. The molecule has 1 unspecified atom stereocenters. The Labute approximate surface area is 179 Å². The molecular formula is C21H15BrN2O6. The van der Waals surface area contributed by atoms with Crippen molar-refractivity contribution in [2.75, 3.05) is 5.32 Å². The predicted molar refractivity (Wildman–Crippen MR) is 112 cm³/mol. The Hall–Kier alpha value is -3.72. The Morgan fingerprint density at radius 1 is 1.03 bits per heavy atom. The molecule has 0 aliphatic rings. The van der Waals surface area contributed by atoms with E-state index >= 15 is 0 Å². The van der Waals surface area contributed by atoms with E-state index in [1.54, 1.807) is 30.3 Å². The molecule has 3 aromatic rings. The van der Waals surface area contributed by atoms with Gasteiger partial charge in [-0.3, -0.25) is 14.9 Å². The highest BCUT2D eigenvalue weighted by Crippen LogP contribution is 2.29. The van der Waals surface area contributed by atoms with Crippen molar-refractivity contribution in [3.05, 3.63) is 98.5 Å². The van der Waals surface area contributed by atoms with Gasteiger partial charge in [0.05, 0.1) is 16.2 Å². The second kappa shape index (κ2) is 9.19. The summed E-state index contributed by atoms with van der Waals surface area (Å²) in [5.41, 5.74) is 0.753. The van der Waals surface area contributed by atoms with Gasteiger partial charge >= 0.3 is 5.97 Å². The number of phenolic OH excluding ortho intramolecular Hbond substituents is 1. The first kappa shape index (κ1) is 21.0. The Morgan fingerprint density at radius 3 is 2.30 bits per heavy atom. The molecule has 0 spiro atoms. The highest BCUT2D eigenvalue weighted by molar-refractivity contribution is 9.10. The lowest BCUT2D eigenvalue weighted by molar-refractivity contribution is -0.384. The van der Waals surface area contributed by atoms with Gasteiger partial charge in [0.15, 0.2) is 0 Å². The Balaban J connectivity index is 1.85. The first-order chi connectivity index (χ1) is 14.3. The summed E-state index contributed by atoms with van der Waals surface area (Å²) >= 11 is 3.19. The number of non-ortho nitro benzene ring substituents is 1. The largest absolute Gasteiger partial charge is 0.508 e. The van der Waals surface area contributed by atoms with Gasteiger partial charge in [-0.25, -0.2) is 4.79 Å². The number of hydrogen-bond acceptors (Lipinski definition) is 6. The molecule has 8 nitrogen and oxygen atoms in total. The summed E-state index contributed by atoms with van der Waals surface area (Å²) in [6.07, 6.45) is -1.27. The number of anilines is 1. The van der Waals surface area contributed by atoms with Crippen LogP contribution in [-0.2, 0) is 9.53 Å². The molecule has 0 aliphatic carbocycles. The van der Waals surface area contributed by atoms with E-state index < -0.39 is 22.9 Å². The number of carbonyl (C=O) groups excluding carboxylic acids is 2. The molecule has 30 heavy (non-hydrogen) atoms. The molecule has 2 N–H and O–H groups in total. The molecule has 3 rings (SSSR count). The van der Waals surface area contributed by atoms with Gasteiger partial charge in [0.2, 0.25) is 6.10 Å². The number of nitrogens with zero attached hydrogens (tertiary/aromatic N) is 1. The molecule has 0 saturated heterocycles. The molecule has 0 aliphatic heterocycles. The minimum Gasteiger partial charge on any atom is -0.508 e. The number of nitro groups is 1. The average molecular weight is 471 g/mol. The van der Waals surface area contributed by atoms with Crippen molar-refractivity contribution in [1.82, 2.24) is 0 Å². The van der Waals surface area contributed by atoms with Crippen LogP contribution in [0.15, 0.2) is 77.3 Å². The van der Waals surface area contributed by atoms with E-state index in [2.05, 4.69) is 21.2 Å². The van der Waals surface area contributed by atoms with Gasteiger partial charge in [0, 0.05) is 22.2 Å². The van der Waals surface area contributed by atoms with Crippen LogP contribution in [0.4, 0.5) is 11.4 Å². The first-order valence-corrected chi connectivity index (χ1v) is 9.44. The summed E-state index contributed by atoms with van der Waals surface area (Å²) in [5, 5.41) is 22.9. The van der Waals surface area contributed by atoms with Crippen LogP contribution in [0.2, 0.25) is 0 Å². The number of hydrogen-bond donors (Lipinski definition) is 2. The summed E-state index contributed by atoms with van der Waals surface area (Å²) < 4.78 is 5.75. The normalized spacial score (nSPS) is 11.4. The third kappa shape index (κ3) is 5.00. The summed E-state index contributed by atoms with van der Waals surface area (Å²) in [4.78, 5) is 35.8. The summed E-state index contributed by atoms with van der Waals surface area (Å²) in [7, 11) is 0. The molecule has 0 fully saturated rings. The summed E-state index contributed by atoms with van der Waals surface area (Å²) in [6.45, 7) is 0. The number of amides is 1. The number of nitro benzene ring substituents is 1. The minimum absolute atomic E-state index is 0.00748. The zero-order valence-electron chi connectivity index (χ0n) is 15.3. The SMILES string of the molecule is O=C(OC(C(=O)Nc1ccc([N+](=O)[O-])cc1Br)c1ccccc1)c1ccc(O)cc1. The van der Waals surface area contributed by atoms with Crippen molar-refractivity contribution < 1.29 is 24.4 Å². The second-order valence-corrected chi connectivity index (χ2v) is 7.01. The van der Waals surface area contributed by atoms with Crippen molar-refractivity contribution in [2.24, 2.45) is 0 Å². The number of carbonyl (C=O) groups is 2. The zero-order valence-corrected chi connectivity index (χ0v) is 16.9. The zero-order chi connectivity index (χ0) is 21.7. The van der Waals surface area contributed by atoms with Crippen LogP contribution in [0, 0.1) is 10.1 Å². The summed E-state index contributed by atoms with van der Waals surface area (Å²) in [5.74, 6) is -1.39. The maximum Gasteiger partial charge on any atom is 0.339 e. The topological polar surface area (TPSA) is 119 Å². The quantitative estimate of drug-likeness (QED) is 0.308. The van der Waals surface area contributed by atoms with Crippen LogP contribution in [0.1, 0.15) is 22.0 Å². The van der Waals surface area contributed by atoms with Crippen molar-refractivity contribution >= 4 is 39.2 Å². The third-order valence-electron chi connectivity index (χ3n) is 4.09. The molecule has 0 radical (unpaired) electrons. The molecule has 152 valence electrons. The number of esters is 1. The average Bonchev–Trinajstić information content (AvgIpc) is 2.74. The lowest BCUT2D eigenvalue weighted by Crippen LogP contribution is -2.26. The number of nitrogens with one attached hydrogen (secondary N) is 1. The van der Waals surface area contributed by atoms with Gasteiger partial charge in [-0.15, -0.1) is 0 Å². The fourth-order valence-electron chi connectivity index (χ4n) is 2.59. The van der Waals surface area contributed by atoms with Crippen molar-refractivity contribution in [1.29, 1.82) is 0 Å². The standard InChI is InChI=1S/C21H15BrN2O6/c22-17-12-15(24(28)29)8-11-18(17)23-20(26)19(13-4-2-1-3-5-13)30-21(27)14-6-9-16(25)10-7-14/h1-12,19,25H,(H,23,26). The lowest BCUT2D eigenvalue weighted by atomic mass is 10.1. The van der Waals surface area contributed by atoms with Gasteiger partial charge in [-0.1, -0.05) is 30.3 Å². The van der Waals surface area contributed by atoms with Crippen molar-refractivity contribution in [2.45, 2.75) is 6.10 Å². The molecule has 3 aromatic carbocycles. The van der Waals surface area contributed by atoms with Gasteiger partial charge in [-0.2, -0.15) is 0 Å². The van der Waals surface area contributed by atoms with Crippen LogP contribution >= 0.6 is 15.9 Å². The lowest BCUT2D eigenvalue weighted by Gasteiger charge is -2.18. The number of rotatable bonds is 6. The van der Waals surface area contributed by atoms with E-state index in [1.165, 1.54) is 42.5 Å². The third-order valence-corrected chi connectivity index (χ3v) is 4.75. The maximum atomic E-state index is 12.9. The summed E-state index contributed by atoms with van der Waals surface area (Å²) in [6, 6.07) is 17.8. The van der Waals surface area contributed by atoms with Gasteiger partial charge < -0.3 is 15.2 Å². The van der Waals surface area contributed by atoms with Crippen molar-refractivity contribution in [3.63, 3.8) is 0 Å². The van der Waals surface area contributed by atoms with Crippen LogP contribution < -0.4 is 5.32 Å². The van der Waals surface area contributed by atoms with E-state index in [0.717, 1.165) is 0 Å². The van der Waals surface area contributed by atoms with E-state index in [9.17, 15) is 24.8 Å². The molecule has 1 atom stereocenters. The number of phenols is 1. The number of aromatic hydroxyl groups is 1. The van der Waals surface area contributed by atoms with Crippen LogP contribution in [0.25, 0.3) is 0 Å². The smallest absolute Gasteiger partial charge is 0.339 e. The van der Waals surface area contributed by atoms with Gasteiger partial charge in [0.1, 0.15) is 5.75 Å². The van der Waals surface area contributed by atoms with E-state index in [4.69, 9.17) is 4.74 Å². The predicted octanol–water partition coefficient (Wildman–Crippen LogP) is 4.60. The molecule has 0 heterocycles. The maximum absolute atomic E-state index is 12.9. The van der Waals surface area contributed by atoms with Crippen LogP contribution in [0.3, 0.4) is 0 Å². The second-order valence-electron chi connectivity index (χ2n) is 6.15. The monoisotopic (exact) mass is 470 g/mol. The molecule has 0 bridgehead atoms. The number of ether oxygens (including phenoxy) is 1. The fourth-order valence-corrected chi connectivity index (χ4v) is 3.06. The molecule has 0 saturated carbocycles. The number of benzene rings is 3. The molecule has 0 aromatic heterocycles. The van der Waals surface area contributed by atoms with Gasteiger partial charge in [0.25, 0.3) is 11.6 Å². The van der Waals surface area contributed by atoms with E-state index in [1.807, 2.05) is 0 Å². The Kier molecular flexibility index (Phi) is 6.43. The van der Waals surface area contributed by atoms with Crippen LogP contribution in [0.5, 0.6) is 5.75 Å². The Morgan fingerprint density at radius 2 is 1.70 bits per heavy atom. The highest BCUT2D eigenvalue weighted by atomic mass is 79.9. The van der Waals surface area contributed by atoms with E-state index in [-0.39, 0.29) is 22.7 Å². The van der Waals surface area contributed by atoms with Crippen molar-refractivity contribution in [3.8, 4) is 5.75 Å². The Bertz CT molecular complexity index is 1090. The first-order valence-electron chi connectivity index (χ1n) is 8.65. The molecular weight excluding hydrogens is 456 g/mol. The van der Waals surface area contributed by atoms with Crippen LogP contribution in [-0.4, -0.2) is 21.9 Å².